The Morgan fingerprint density at radius 1 is 1.12 bits per heavy atom. The highest BCUT2D eigenvalue weighted by Crippen LogP contribution is 2.51. The molecule has 4 rings (SSSR count). The molecule has 0 saturated carbocycles. The van der Waals surface area contributed by atoms with Crippen molar-refractivity contribution in [3.05, 3.63) is 65.7 Å². The standard InChI is InChI=1S/C21H23NO3/c1-24-11-12-25-14-9-10-19-18(13-14)15-6-4-7-16(15)21(22-19)17-5-2-3-8-20(17)23/h2-6,8-10,13,15-16,21-23H,7,11-12H2,1H3. The number of aromatic hydroxyl groups is 1. The summed E-state index contributed by atoms with van der Waals surface area (Å²) >= 11 is 0. The van der Waals surface area contributed by atoms with Gasteiger partial charge in [0.05, 0.1) is 12.6 Å². The predicted octanol–water partition coefficient (Wildman–Crippen LogP) is 4.24. The number of nitrogens with one attached hydrogen (secondary N) is 1. The Bertz CT molecular complexity index is 786. The van der Waals surface area contributed by atoms with E-state index in [4.69, 9.17) is 9.47 Å². The number of benzene rings is 2. The molecule has 4 heteroatoms. The van der Waals surface area contributed by atoms with Gasteiger partial charge in [0.1, 0.15) is 18.1 Å². The largest absolute Gasteiger partial charge is 0.508 e. The van der Waals surface area contributed by atoms with Crippen LogP contribution in [-0.2, 0) is 4.74 Å². The van der Waals surface area contributed by atoms with Gasteiger partial charge in [0, 0.05) is 24.3 Å². The van der Waals surface area contributed by atoms with E-state index in [-0.39, 0.29) is 6.04 Å². The molecule has 2 aromatic carbocycles. The lowest BCUT2D eigenvalue weighted by Gasteiger charge is -2.37. The number of methoxy groups -OCH3 is 1. The van der Waals surface area contributed by atoms with Gasteiger partial charge in [-0.1, -0.05) is 30.4 Å². The third-order valence-electron chi connectivity index (χ3n) is 5.16. The summed E-state index contributed by atoms with van der Waals surface area (Å²) in [6.07, 6.45) is 5.54. The highest BCUT2D eigenvalue weighted by Gasteiger charge is 2.38. The number of phenols is 1. The molecular formula is C21H23NO3. The van der Waals surface area contributed by atoms with Crippen molar-refractivity contribution in [2.24, 2.45) is 5.92 Å². The van der Waals surface area contributed by atoms with Crippen LogP contribution in [0, 0.1) is 5.92 Å². The monoisotopic (exact) mass is 337 g/mol. The van der Waals surface area contributed by atoms with E-state index in [1.54, 1.807) is 13.2 Å². The third-order valence-corrected chi connectivity index (χ3v) is 5.16. The molecule has 1 aliphatic heterocycles. The second-order valence-corrected chi connectivity index (χ2v) is 6.62. The Kier molecular flexibility index (Phi) is 4.36. The van der Waals surface area contributed by atoms with Gasteiger partial charge in [-0.15, -0.1) is 0 Å². The minimum atomic E-state index is 0.106. The molecule has 1 aliphatic carbocycles. The zero-order chi connectivity index (χ0) is 17.2. The lowest BCUT2D eigenvalue weighted by Crippen LogP contribution is -2.29. The molecule has 0 amide bonds. The molecule has 2 N–H and O–H groups in total. The molecule has 130 valence electrons. The van der Waals surface area contributed by atoms with Crippen molar-refractivity contribution in [1.82, 2.24) is 0 Å². The van der Waals surface area contributed by atoms with Crippen LogP contribution in [0.15, 0.2) is 54.6 Å². The Balaban J connectivity index is 1.65. The topological polar surface area (TPSA) is 50.7 Å². The number of anilines is 1. The van der Waals surface area contributed by atoms with Crippen LogP contribution in [0.4, 0.5) is 5.69 Å². The van der Waals surface area contributed by atoms with Crippen molar-refractivity contribution >= 4 is 5.69 Å². The minimum absolute atomic E-state index is 0.106. The van der Waals surface area contributed by atoms with Crippen LogP contribution in [0.1, 0.15) is 29.5 Å². The Morgan fingerprint density at radius 3 is 2.84 bits per heavy atom. The van der Waals surface area contributed by atoms with Crippen molar-refractivity contribution in [2.45, 2.75) is 18.4 Å². The summed E-state index contributed by atoms with van der Waals surface area (Å²) in [6, 6.07) is 13.9. The molecule has 2 aliphatic rings. The number of allylic oxidation sites excluding steroid dienone is 2. The third kappa shape index (κ3) is 2.98. The number of phenolic OH excluding ortho intramolecular Hbond substituents is 1. The molecule has 3 unspecified atom stereocenters. The zero-order valence-corrected chi connectivity index (χ0v) is 14.3. The highest BCUT2D eigenvalue weighted by atomic mass is 16.5. The minimum Gasteiger partial charge on any atom is -0.508 e. The summed E-state index contributed by atoms with van der Waals surface area (Å²) in [4.78, 5) is 0. The lowest BCUT2D eigenvalue weighted by atomic mass is 9.77. The maximum absolute atomic E-state index is 10.3. The number of ether oxygens (including phenoxy) is 2. The molecule has 4 nitrogen and oxygen atoms in total. The van der Waals surface area contributed by atoms with E-state index in [0.29, 0.717) is 30.8 Å². The van der Waals surface area contributed by atoms with E-state index in [1.165, 1.54) is 5.56 Å². The first-order valence-corrected chi connectivity index (χ1v) is 8.74. The number of hydrogen-bond donors (Lipinski definition) is 2. The highest BCUT2D eigenvalue weighted by molar-refractivity contribution is 5.62. The van der Waals surface area contributed by atoms with Crippen LogP contribution >= 0.6 is 0 Å². The van der Waals surface area contributed by atoms with Crippen LogP contribution in [0.5, 0.6) is 11.5 Å². The molecule has 0 spiro atoms. The Hall–Kier alpha value is -2.46. The van der Waals surface area contributed by atoms with E-state index >= 15 is 0 Å². The molecule has 2 aromatic rings. The summed E-state index contributed by atoms with van der Waals surface area (Å²) in [5.41, 5.74) is 3.34. The number of hydrogen-bond acceptors (Lipinski definition) is 4. The second kappa shape index (κ2) is 6.81. The fourth-order valence-electron chi connectivity index (χ4n) is 3.96. The number of fused-ring (bicyclic) bond motifs is 3. The first kappa shape index (κ1) is 16.0. The summed E-state index contributed by atoms with van der Waals surface area (Å²) in [6.45, 7) is 1.13. The van der Waals surface area contributed by atoms with Gasteiger partial charge in [-0.2, -0.15) is 0 Å². The van der Waals surface area contributed by atoms with Gasteiger partial charge < -0.3 is 19.9 Å². The van der Waals surface area contributed by atoms with Crippen LogP contribution < -0.4 is 10.1 Å². The molecular weight excluding hydrogens is 314 g/mol. The van der Waals surface area contributed by atoms with Gasteiger partial charge in [0.25, 0.3) is 0 Å². The van der Waals surface area contributed by atoms with Crippen molar-refractivity contribution in [3.63, 3.8) is 0 Å². The van der Waals surface area contributed by atoms with Crippen LogP contribution in [0.3, 0.4) is 0 Å². The summed E-state index contributed by atoms with van der Waals surface area (Å²) in [5.74, 6) is 1.97. The molecule has 25 heavy (non-hydrogen) atoms. The Labute approximate surface area is 148 Å². The quantitative estimate of drug-likeness (QED) is 0.633. The van der Waals surface area contributed by atoms with E-state index in [9.17, 15) is 5.11 Å². The van der Waals surface area contributed by atoms with Crippen LogP contribution in [-0.4, -0.2) is 25.4 Å². The summed E-state index contributed by atoms with van der Waals surface area (Å²) < 4.78 is 10.8. The van der Waals surface area contributed by atoms with Crippen molar-refractivity contribution < 1.29 is 14.6 Å². The first-order chi connectivity index (χ1) is 12.3. The fourth-order valence-corrected chi connectivity index (χ4v) is 3.96. The average molecular weight is 337 g/mol. The van der Waals surface area contributed by atoms with Gasteiger partial charge in [0.2, 0.25) is 0 Å². The summed E-state index contributed by atoms with van der Waals surface area (Å²) in [5, 5.41) is 13.9. The molecule has 0 bridgehead atoms. The normalized spacial score (nSPS) is 23.6. The van der Waals surface area contributed by atoms with Gasteiger partial charge >= 0.3 is 0 Å². The van der Waals surface area contributed by atoms with Gasteiger partial charge in [0.15, 0.2) is 0 Å². The fraction of sp³-hybridized carbons (Fsp3) is 0.333. The van der Waals surface area contributed by atoms with Crippen LogP contribution in [0.2, 0.25) is 0 Å². The summed E-state index contributed by atoms with van der Waals surface area (Å²) in [7, 11) is 1.67. The first-order valence-electron chi connectivity index (χ1n) is 8.74. The van der Waals surface area contributed by atoms with E-state index in [1.807, 2.05) is 24.3 Å². The molecule has 3 atom stereocenters. The smallest absolute Gasteiger partial charge is 0.120 e. The zero-order valence-electron chi connectivity index (χ0n) is 14.3. The average Bonchev–Trinajstić information content (AvgIpc) is 3.12. The number of para-hydroxylation sites is 1. The van der Waals surface area contributed by atoms with Crippen molar-refractivity contribution in [2.75, 3.05) is 25.6 Å². The maximum atomic E-state index is 10.3. The molecule has 0 radical (unpaired) electrons. The van der Waals surface area contributed by atoms with Gasteiger partial charge in [-0.25, -0.2) is 0 Å². The number of rotatable bonds is 5. The van der Waals surface area contributed by atoms with E-state index in [2.05, 4.69) is 29.6 Å². The SMILES string of the molecule is COCCOc1ccc2c(c1)C1C=CCC1C(c1ccccc1O)N2. The Morgan fingerprint density at radius 2 is 2.00 bits per heavy atom. The van der Waals surface area contributed by atoms with E-state index in [0.717, 1.165) is 23.4 Å². The van der Waals surface area contributed by atoms with Crippen LogP contribution in [0.25, 0.3) is 0 Å². The van der Waals surface area contributed by atoms with Crippen molar-refractivity contribution in [3.8, 4) is 11.5 Å². The molecule has 1 heterocycles. The lowest BCUT2D eigenvalue weighted by molar-refractivity contribution is 0.146. The second-order valence-electron chi connectivity index (χ2n) is 6.62. The van der Waals surface area contributed by atoms with Gasteiger partial charge in [-0.3, -0.25) is 0 Å². The molecule has 0 saturated heterocycles. The van der Waals surface area contributed by atoms with E-state index < -0.39 is 0 Å². The van der Waals surface area contributed by atoms with Gasteiger partial charge in [-0.05, 0) is 42.2 Å². The predicted molar refractivity (Wildman–Crippen MR) is 98.3 cm³/mol. The molecule has 0 fully saturated rings. The van der Waals surface area contributed by atoms with Crippen molar-refractivity contribution in [1.29, 1.82) is 0 Å². The maximum Gasteiger partial charge on any atom is 0.120 e. The molecule has 0 aromatic heterocycles.